The normalized spacial score (nSPS) is 11.6. The lowest BCUT2D eigenvalue weighted by atomic mass is 10.0. The molecule has 2 amide bonds. The van der Waals surface area contributed by atoms with Crippen LogP contribution in [-0.2, 0) is 22.7 Å². The van der Waals surface area contributed by atoms with E-state index in [4.69, 9.17) is 10.6 Å². The molecule has 198 valence electrons. The van der Waals surface area contributed by atoms with Crippen molar-refractivity contribution in [1.29, 1.82) is 0 Å². The lowest BCUT2D eigenvalue weighted by Gasteiger charge is -2.19. The Balaban J connectivity index is 0.00000400. The van der Waals surface area contributed by atoms with Gasteiger partial charge in [-0.15, -0.1) is 12.4 Å². The molecule has 10 nitrogen and oxygen atoms in total. The van der Waals surface area contributed by atoms with Crippen LogP contribution >= 0.6 is 12.4 Å². The van der Waals surface area contributed by atoms with Gasteiger partial charge in [0.15, 0.2) is 0 Å². The molecule has 0 saturated heterocycles. The molecule has 0 aliphatic rings. The molecular weight excluding hydrogens is 506 g/mol. The Hall–Kier alpha value is -4.41. The molecule has 38 heavy (non-hydrogen) atoms. The predicted octanol–water partition coefficient (Wildman–Crippen LogP) is 2.55. The summed E-state index contributed by atoms with van der Waals surface area (Å²) in [5.41, 5.74) is 4.34. The summed E-state index contributed by atoms with van der Waals surface area (Å²) in [6.45, 7) is 0.593. The van der Waals surface area contributed by atoms with E-state index < -0.39 is 6.04 Å². The Morgan fingerprint density at radius 3 is 2.63 bits per heavy atom. The zero-order chi connectivity index (χ0) is 26.0. The summed E-state index contributed by atoms with van der Waals surface area (Å²) in [6, 6.07) is 16.2. The van der Waals surface area contributed by atoms with E-state index in [9.17, 15) is 9.59 Å². The minimum Gasteiger partial charge on any atom is -0.497 e. The van der Waals surface area contributed by atoms with Gasteiger partial charge in [0, 0.05) is 48.1 Å². The molecule has 0 saturated carbocycles. The van der Waals surface area contributed by atoms with Crippen LogP contribution < -0.4 is 26.5 Å². The minimum absolute atomic E-state index is 0. The van der Waals surface area contributed by atoms with Crippen LogP contribution in [0.4, 0.5) is 0 Å². The highest BCUT2D eigenvalue weighted by Crippen LogP contribution is 2.28. The van der Waals surface area contributed by atoms with E-state index in [1.807, 2.05) is 48.5 Å². The molecule has 0 bridgehead atoms. The summed E-state index contributed by atoms with van der Waals surface area (Å²) in [4.78, 5) is 33.0. The average Bonchev–Trinajstić information content (AvgIpc) is 3.35. The Bertz CT molecular complexity index is 1370. The van der Waals surface area contributed by atoms with E-state index in [2.05, 4.69) is 31.0 Å². The molecule has 0 spiro atoms. The van der Waals surface area contributed by atoms with Crippen molar-refractivity contribution in [3.63, 3.8) is 0 Å². The summed E-state index contributed by atoms with van der Waals surface area (Å²) in [5, 5.41) is 13.3. The number of methoxy groups -OCH3 is 1. The predicted molar refractivity (Wildman–Crippen MR) is 149 cm³/mol. The number of carbonyl (C=O) groups is 2. The van der Waals surface area contributed by atoms with Crippen molar-refractivity contribution in [3.05, 3.63) is 95.4 Å². The number of nitrogens with one attached hydrogen (secondary N) is 4. The number of carbonyl (C=O) groups excluding carboxylic acids is 2. The van der Waals surface area contributed by atoms with Crippen molar-refractivity contribution < 1.29 is 14.3 Å². The van der Waals surface area contributed by atoms with E-state index >= 15 is 0 Å². The molecule has 2 aromatic carbocycles. The number of hydrazone groups is 1. The van der Waals surface area contributed by atoms with E-state index in [0.717, 1.165) is 33.2 Å². The fourth-order valence-corrected chi connectivity index (χ4v) is 3.89. The van der Waals surface area contributed by atoms with Crippen LogP contribution in [-0.4, -0.2) is 41.7 Å². The molecular formula is C27H30ClN7O3. The van der Waals surface area contributed by atoms with Gasteiger partial charge in [0.25, 0.3) is 0 Å². The fourth-order valence-electron chi connectivity index (χ4n) is 3.89. The third-order valence-electron chi connectivity index (χ3n) is 5.84. The van der Waals surface area contributed by atoms with E-state index in [1.165, 1.54) is 0 Å². The van der Waals surface area contributed by atoms with Crippen LogP contribution in [0.2, 0.25) is 0 Å². The number of H-pyrrole nitrogens is 1. The van der Waals surface area contributed by atoms with Crippen LogP contribution in [0.5, 0.6) is 5.75 Å². The van der Waals surface area contributed by atoms with Gasteiger partial charge in [-0.3, -0.25) is 19.9 Å². The Labute approximate surface area is 226 Å². The summed E-state index contributed by atoms with van der Waals surface area (Å²) in [6.07, 6.45) is 6.71. The molecule has 0 fully saturated rings. The van der Waals surface area contributed by atoms with Gasteiger partial charge in [0.05, 0.1) is 19.9 Å². The molecule has 0 radical (unpaired) electrons. The number of ether oxygens (including phenoxy) is 1. The number of pyridine rings is 1. The van der Waals surface area contributed by atoms with Crippen molar-refractivity contribution in [2.75, 3.05) is 13.7 Å². The highest BCUT2D eigenvalue weighted by molar-refractivity contribution is 5.94. The van der Waals surface area contributed by atoms with Gasteiger partial charge in [0.1, 0.15) is 11.8 Å². The average molecular weight is 536 g/mol. The molecule has 4 aromatic rings. The molecule has 4 rings (SSSR count). The fraction of sp³-hybridized carbons (Fsp3) is 0.185. The molecule has 6 N–H and O–H groups in total. The maximum absolute atomic E-state index is 13.3. The van der Waals surface area contributed by atoms with Gasteiger partial charge in [-0.1, -0.05) is 30.3 Å². The summed E-state index contributed by atoms with van der Waals surface area (Å²) in [7, 11) is 1.60. The largest absolute Gasteiger partial charge is 0.497 e. The second-order valence-electron chi connectivity index (χ2n) is 8.35. The van der Waals surface area contributed by atoms with Crippen LogP contribution in [0.15, 0.2) is 78.3 Å². The maximum atomic E-state index is 13.3. The number of fused-ring (bicyclic) bond motifs is 1. The molecule has 1 unspecified atom stereocenters. The first-order valence-corrected chi connectivity index (χ1v) is 11.7. The molecule has 2 aromatic heterocycles. The van der Waals surface area contributed by atoms with E-state index in [-0.39, 0.29) is 30.8 Å². The molecule has 0 aliphatic heterocycles. The van der Waals surface area contributed by atoms with Gasteiger partial charge in [-0.05, 0) is 41.0 Å². The second-order valence-corrected chi connectivity index (χ2v) is 8.35. The van der Waals surface area contributed by atoms with Gasteiger partial charge in [-0.25, -0.2) is 0 Å². The zero-order valence-corrected chi connectivity index (χ0v) is 21.6. The van der Waals surface area contributed by atoms with Gasteiger partial charge in [0.2, 0.25) is 11.8 Å². The number of aromatic amines is 1. The number of benzene rings is 2. The van der Waals surface area contributed by atoms with E-state index in [1.54, 1.807) is 38.0 Å². The first kappa shape index (κ1) is 28.2. The van der Waals surface area contributed by atoms with Crippen LogP contribution in [0.25, 0.3) is 10.9 Å². The van der Waals surface area contributed by atoms with Crippen LogP contribution in [0, 0.1) is 0 Å². The Kier molecular flexibility index (Phi) is 10.2. The molecule has 11 heteroatoms. The summed E-state index contributed by atoms with van der Waals surface area (Å²) in [5.74, 6) is 5.27. The summed E-state index contributed by atoms with van der Waals surface area (Å²) >= 11 is 0. The van der Waals surface area contributed by atoms with Gasteiger partial charge < -0.3 is 26.2 Å². The monoisotopic (exact) mass is 535 g/mol. The van der Waals surface area contributed by atoms with Crippen molar-refractivity contribution in [3.8, 4) is 5.75 Å². The third kappa shape index (κ3) is 7.31. The molecule has 1 atom stereocenters. The number of hydrogen-bond donors (Lipinski definition) is 5. The molecule has 0 aliphatic carbocycles. The molecule has 2 heterocycles. The number of halogens is 1. The Morgan fingerprint density at radius 1 is 1.11 bits per heavy atom. The van der Waals surface area contributed by atoms with Crippen molar-refractivity contribution in [2.24, 2.45) is 10.9 Å². The summed E-state index contributed by atoms with van der Waals surface area (Å²) < 4.78 is 5.38. The smallest absolute Gasteiger partial charge is 0.242 e. The number of rotatable bonds is 11. The Morgan fingerprint density at radius 2 is 1.92 bits per heavy atom. The van der Waals surface area contributed by atoms with Crippen LogP contribution in [0.3, 0.4) is 0 Å². The van der Waals surface area contributed by atoms with Crippen molar-refractivity contribution >= 4 is 41.3 Å². The second kappa shape index (κ2) is 13.8. The SMILES string of the molecule is COc1ccc2[nH]cc(C(NCc3ccc(C=NN)cc3)C(=O)NCC(=O)NCc3cccnc3)c2c1.Cl. The number of nitrogens with zero attached hydrogens (tertiary/aromatic N) is 2. The van der Waals surface area contributed by atoms with E-state index in [0.29, 0.717) is 18.8 Å². The number of amides is 2. The lowest BCUT2D eigenvalue weighted by Crippen LogP contribution is -2.42. The number of hydrogen-bond acceptors (Lipinski definition) is 7. The maximum Gasteiger partial charge on any atom is 0.242 e. The van der Waals surface area contributed by atoms with Crippen molar-refractivity contribution in [1.82, 2.24) is 25.9 Å². The minimum atomic E-state index is -0.725. The number of nitrogens with two attached hydrogens (primary N) is 1. The van der Waals surface area contributed by atoms with Gasteiger partial charge >= 0.3 is 0 Å². The van der Waals surface area contributed by atoms with Gasteiger partial charge in [-0.2, -0.15) is 5.10 Å². The standard InChI is InChI=1S/C27H29N7O3.ClH/c1-37-21-8-9-24-22(11-21)23(16-30-24)26(32-13-18-4-6-19(7-5-18)15-34-28)27(36)33-17-25(35)31-14-20-3-2-10-29-12-20;/h2-12,15-16,26,30,32H,13-14,17,28H2,1H3,(H,31,35)(H,33,36);1H. The highest BCUT2D eigenvalue weighted by Gasteiger charge is 2.24. The van der Waals surface area contributed by atoms with Crippen molar-refractivity contribution in [2.45, 2.75) is 19.1 Å². The van der Waals surface area contributed by atoms with Crippen LogP contribution in [0.1, 0.15) is 28.3 Å². The topological polar surface area (TPSA) is 147 Å². The first-order chi connectivity index (χ1) is 18.1. The zero-order valence-electron chi connectivity index (χ0n) is 20.8. The number of aromatic nitrogens is 2. The highest BCUT2D eigenvalue weighted by atomic mass is 35.5. The lowest BCUT2D eigenvalue weighted by molar-refractivity contribution is -0.127. The third-order valence-corrected chi connectivity index (χ3v) is 5.84. The quantitative estimate of drug-likeness (QED) is 0.113. The first-order valence-electron chi connectivity index (χ1n) is 11.7.